The van der Waals surface area contributed by atoms with Crippen LogP contribution in [-0.4, -0.2) is 41.5 Å². The first kappa shape index (κ1) is 17.3. The minimum Gasteiger partial charge on any atom is -0.362 e. The van der Waals surface area contributed by atoms with E-state index in [1.807, 2.05) is 42.2 Å². The molecule has 1 saturated carbocycles. The van der Waals surface area contributed by atoms with Crippen molar-refractivity contribution >= 4 is 23.5 Å². The lowest BCUT2D eigenvalue weighted by molar-refractivity contribution is -0.139. The molecule has 2 aliphatic rings. The number of carbonyl (C=O) groups excluding carboxylic acids is 3. The Labute approximate surface area is 147 Å². The number of anilines is 1. The van der Waals surface area contributed by atoms with Crippen LogP contribution in [0.5, 0.6) is 0 Å². The molecule has 1 aliphatic carbocycles. The maximum atomic E-state index is 12.7. The third-order valence-electron chi connectivity index (χ3n) is 4.94. The molecule has 1 heterocycles. The Morgan fingerprint density at radius 3 is 2.52 bits per heavy atom. The van der Waals surface area contributed by atoms with Crippen molar-refractivity contribution in [2.75, 3.05) is 18.0 Å². The predicted molar refractivity (Wildman–Crippen MR) is 93.7 cm³/mol. The molecule has 25 heavy (non-hydrogen) atoms. The summed E-state index contributed by atoms with van der Waals surface area (Å²) in [6.07, 6.45) is 4.15. The Kier molecular flexibility index (Phi) is 4.92. The number of hydrogen-bond donors (Lipinski definition) is 2. The van der Waals surface area contributed by atoms with Gasteiger partial charge in [-0.3, -0.25) is 15.0 Å². The van der Waals surface area contributed by atoms with Gasteiger partial charge in [0, 0.05) is 12.2 Å². The maximum absolute atomic E-state index is 12.7. The SMILES string of the molecule is CCN(CC(=O)NN1C(=O)NC2(CCCCC2)C1=O)c1ccccc1. The van der Waals surface area contributed by atoms with Gasteiger partial charge in [-0.05, 0) is 31.9 Å². The molecular formula is C18H24N4O3. The summed E-state index contributed by atoms with van der Waals surface area (Å²) < 4.78 is 0. The molecule has 3 rings (SSSR count). The normalized spacial score (nSPS) is 19.0. The second-order valence-corrected chi connectivity index (χ2v) is 6.60. The van der Waals surface area contributed by atoms with Gasteiger partial charge in [0.2, 0.25) is 0 Å². The number of hydrazine groups is 1. The quantitative estimate of drug-likeness (QED) is 0.798. The van der Waals surface area contributed by atoms with Crippen LogP contribution in [0.25, 0.3) is 0 Å². The number of urea groups is 1. The molecule has 2 N–H and O–H groups in total. The number of carbonyl (C=O) groups is 3. The summed E-state index contributed by atoms with van der Waals surface area (Å²) in [5.74, 6) is -0.727. The van der Waals surface area contributed by atoms with E-state index in [0.717, 1.165) is 30.0 Å². The van der Waals surface area contributed by atoms with Gasteiger partial charge in [-0.15, -0.1) is 0 Å². The molecule has 2 fully saturated rings. The number of benzene rings is 1. The van der Waals surface area contributed by atoms with Gasteiger partial charge in [-0.1, -0.05) is 37.5 Å². The zero-order chi connectivity index (χ0) is 17.9. The number of amides is 4. The molecule has 1 saturated heterocycles. The molecule has 1 spiro atoms. The van der Waals surface area contributed by atoms with E-state index < -0.39 is 11.6 Å². The number of nitrogens with zero attached hydrogens (tertiary/aromatic N) is 2. The van der Waals surface area contributed by atoms with Crippen LogP contribution < -0.4 is 15.6 Å². The van der Waals surface area contributed by atoms with Crippen LogP contribution in [0.15, 0.2) is 30.3 Å². The lowest BCUT2D eigenvalue weighted by atomic mass is 9.82. The molecule has 0 bridgehead atoms. The molecule has 1 aliphatic heterocycles. The van der Waals surface area contributed by atoms with Crippen LogP contribution in [0.1, 0.15) is 39.0 Å². The van der Waals surface area contributed by atoms with Crippen molar-refractivity contribution in [1.82, 2.24) is 15.8 Å². The third-order valence-corrected chi connectivity index (χ3v) is 4.94. The highest BCUT2D eigenvalue weighted by molar-refractivity contribution is 6.08. The highest BCUT2D eigenvalue weighted by Crippen LogP contribution is 2.32. The monoisotopic (exact) mass is 344 g/mol. The fourth-order valence-corrected chi connectivity index (χ4v) is 3.57. The van der Waals surface area contributed by atoms with Gasteiger partial charge in [0.05, 0.1) is 6.54 Å². The van der Waals surface area contributed by atoms with Crippen molar-refractivity contribution in [3.63, 3.8) is 0 Å². The highest BCUT2D eigenvalue weighted by Gasteiger charge is 2.52. The largest absolute Gasteiger partial charge is 0.362 e. The number of hydrogen-bond acceptors (Lipinski definition) is 4. The van der Waals surface area contributed by atoms with Crippen LogP contribution in [-0.2, 0) is 9.59 Å². The van der Waals surface area contributed by atoms with Crippen molar-refractivity contribution < 1.29 is 14.4 Å². The Morgan fingerprint density at radius 2 is 1.88 bits per heavy atom. The highest BCUT2D eigenvalue weighted by atomic mass is 16.2. The van der Waals surface area contributed by atoms with Crippen LogP contribution in [0.3, 0.4) is 0 Å². The van der Waals surface area contributed by atoms with Crippen LogP contribution in [0.4, 0.5) is 10.5 Å². The summed E-state index contributed by atoms with van der Waals surface area (Å²) in [7, 11) is 0. The molecule has 0 unspecified atom stereocenters. The van der Waals surface area contributed by atoms with Crippen molar-refractivity contribution in [2.24, 2.45) is 0 Å². The second-order valence-electron chi connectivity index (χ2n) is 6.60. The Balaban J connectivity index is 1.64. The zero-order valence-corrected chi connectivity index (χ0v) is 14.5. The Bertz CT molecular complexity index is 656. The average molecular weight is 344 g/mol. The average Bonchev–Trinajstić information content (AvgIpc) is 2.85. The van der Waals surface area contributed by atoms with Gasteiger partial charge >= 0.3 is 6.03 Å². The van der Waals surface area contributed by atoms with E-state index in [9.17, 15) is 14.4 Å². The number of imide groups is 1. The fourth-order valence-electron chi connectivity index (χ4n) is 3.57. The first-order chi connectivity index (χ1) is 12.1. The summed E-state index contributed by atoms with van der Waals surface area (Å²) in [4.78, 5) is 39.1. The maximum Gasteiger partial charge on any atom is 0.344 e. The lowest BCUT2D eigenvalue weighted by Gasteiger charge is -2.30. The first-order valence-corrected chi connectivity index (χ1v) is 8.82. The zero-order valence-electron chi connectivity index (χ0n) is 14.5. The smallest absolute Gasteiger partial charge is 0.344 e. The van der Waals surface area contributed by atoms with Crippen molar-refractivity contribution in [3.05, 3.63) is 30.3 Å². The molecule has 134 valence electrons. The summed E-state index contributed by atoms with van der Waals surface area (Å²) in [6, 6.07) is 9.01. The topological polar surface area (TPSA) is 81.8 Å². The minimum absolute atomic E-state index is 0.0740. The standard InChI is InChI=1S/C18H24N4O3/c1-2-21(14-9-5-3-6-10-14)13-15(23)20-22-16(24)18(19-17(22)25)11-7-4-8-12-18/h3,5-6,9-10H,2,4,7-8,11-13H2,1H3,(H,19,25)(H,20,23). The van der Waals surface area contributed by atoms with E-state index >= 15 is 0 Å². The molecule has 1 aromatic carbocycles. The van der Waals surface area contributed by atoms with Crippen LogP contribution >= 0.6 is 0 Å². The van der Waals surface area contributed by atoms with Gasteiger partial charge in [-0.25, -0.2) is 4.79 Å². The summed E-state index contributed by atoms with van der Waals surface area (Å²) in [5, 5.41) is 3.64. The number of nitrogens with one attached hydrogen (secondary N) is 2. The van der Waals surface area contributed by atoms with E-state index in [1.165, 1.54) is 0 Å². The van der Waals surface area contributed by atoms with Gasteiger partial charge in [0.25, 0.3) is 11.8 Å². The number of likely N-dealkylation sites (N-methyl/N-ethyl adjacent to an activating group) is 1. The van der Waals surface area contributed by atoms with Gasteiger partial charge in [0.1, 0.15) is 5.54 Å². The van der Waals surface area contributed by atoms with Gasteiger partial charge in [0.15, 0.2) is 0 Å². The van der Waals surface area contributed by atoms with Gasteiger partial charge in [-0.2, -0.15) is 5.01 Å². The van der Waals surface area contributed by atoms with E-state index in [-0.39, 0.29) is 18.4 Å². The van der Waals surface area contributed by atoms with Crippen LogP contribution in [0.2, 0.25) is 0 Å². The molecule has 0 atom stereocenters. The molecule has 0 radical (unpaired) electrons. The minimum atomic E-state index is -0.827. The Morgan fingerprint density at radius 1 is 1.20 bits per heavy atom. The van der Waals surface area contributed by atoms with E-state index in [0.29, 0.717) is 19.4 Å². The second kappa shape index (κ2) is 7.13. The third kappa shape index (κ3) is 3.45. The molecule has 1 aromatic rings. The van der Waals surface area contributed by atoms with E-state index in [1.54, 1.807) is 0 Å². The first-order valence-electron chi connectivity index (χ1n) is 8.82. The number of para-hydroxylation sites is 1. The number of rotatable bonds is 5. The fraction of sp³-hybridized carbons (Fsp3) is 0.500. The van der Waals surface area contributed by atoms with Crippen molar-refractivity contribution in [1.29, 1.82) is 0 Å². The summed E-state index contributed by atoms with van der Waals surface area (Å²) in [5.41, 5.74) is 2.57. The summed E-state index contributed by atoms with van der Waals surface area (Å²) >= 11 is 0. The molecular weight excluding hydrogens is 320 g/mol. The molecule has 7 nitrogen and oxygen atoms in total. The molecule has 4 amide bonds. The van der Waals surface area contributed by atoms with E-state index in [4.69, 9.17) is 0 Å². The van der Waals surface area contributed by atoms with Crippen molar-refractivity contribution in [2.45, 2.75) is 44.6 Å². The molecule has 7 heteroatoms. The van der Waals surface area contributed by atoms with Gasteiger partial charge < -0.3 is 10.2 Å². The summed E-state index contributed by atoms with van der Waals surface area (Å²) in [6.45, 7) is 2.66. The lowest BCUT2D eigenvalue weighted by Crippen LogP contribution is -2.52. The predicted octanol–water partition coefficient (Wildman–Crippen LogP) is 1.80. The van der Waals surface area contributed by atoms with Crippen LogP contribution in [0, 0.1) is 0 Å². The Hall–Kier alpha value is -2.57. The van der Waals surface area contributed by atoms with E-state index in [2.05, 4.69) is 10.7 Å². The molecule has 0 aromatic heterocycles. The van der Waals surface area contributed by atoms with Crippen molar-refractivity contribution in [3.8, 4) is 0 Å².